The van der Waals surface area contributed by atoms with E-state index in [2.05, 4.69) is 4.74 Å². The largest absolute Gasteiger partial charge is 0.522 e. The highest BCUT2D eigenvalue weighted by atomic mass is 19.4. The predicted octanol–water partition coefficient (Wildman–Crippen LogP) is 0.430. The maximum atomic E-state index is 11.7. The van der Waals surface area contributed by atoms with E-state index < -0.39 is 6.36 Å². The Morgan fingerprint density at radius 2 is 1.73 bits per heavy atom. The van der Waals surface area contributed by atoms with Gasteiger partial charge in [-0.15, -0.1) is 13.2 Å². The van der Waals surface area contributed by atoms with Gasteiger partial charge in [-0.05, 0) is 0 Å². The molecule has 0 amide bonds. The molecule has 15 heavy (non-hydrogen) atoms. The Morgan fingerprint density at radius 3 is 2.20 bits per heavy atom. The first kappa shape index (κ1) is 14.6. The van der Waals surface area contributed by atoms with Gasteiger partial charge >= 0.3 is 6.36 Å². The van der Waals surface area contributed by atoms with Gasteiger partial charge in [0, 0.05) is 33.3 Å². The number of nitrogens with zero attached hydrogens (tertiary/aromatic N) is 1. The van der Waals surface area contributed by atoms with E-state index in [0.29, 0.717) is 26.2 Å². The SMILES string of the molecule is COCCN(CCN)CCOC(F)(F)F. The Labute approximate surface area is 87.1 Å². The molecular weight excluding hydrogens is 213 g/mol. The number of hydrogen-bond donors (Lipinski definition) is 1. The molecule has 0 aliphatic rings. The minimum Gasteiger partial charge on any atom is -0.383 e. The fourth-order valence-electron chi connectivity index (χ4n) is 1.03. The zero-order valence-electron chi connectivity index (χ0n) is 8.72. The van der Waals surface area contributed by atoms with Gasteiger partial charge in [-0.25, -0.2) is 0 Å². The second-order valence-corrected chi connectivity index (χ2v) is 2.92. The highest BCUT2D eigenvalue weighted by molar-refractivity contribution is 4.57. The molecule has 0 atom stereocenters. The summed E-state index contributed by atoms with van der Waals surface area (Å²) in [6.07, 6.45) is -4.56. The minimum atomic E-state index is -4.56. The highest BCUT2D eigenvalue weighted by Gasteiger charge is 2.28. The van der Waals surface area contributed by atoms with Crippen LogP contribution in [0.15, 0.2) is 0 Å². The van der Waals surface area contributed by atoms with E-state index in [1.807, 2.05) is 0 Å². The molecule has 0 fully saturated rings. The second-order valence-electron chi connectivity index (χ2n) is 2.92. The molecule has 0 aliphatic heterocycles. The Hall–Kier alpha value is -0.370. The lowest BCUT2D eigenvalue weighted by molar-refractivity contribution is -0.325. The zero-order valence-corrected chi connectivity index (χ0v) is 8.72. The summed E-state index contributed by atoms with van der Waals surface area (Å²) in [5.74, 6) is 0. The number of methoxy groups -OCH3 is 1. The van der Waals surface area contributed by atoms with Gasteiger partial charge in [0.05, 0.1) is 13.2 Å². The molecule has 0 aromatic heterocycles. The molecule has 0 unspecified atom stereocenters. The second kappa shape index (κ2) is 7.86. The number of rotatable bonds is 8. The summed E-state index contributed by atoms with van der Waals surface area (Å²) in [6.45, 7) is 1.76. The van der Waals surface area contributed by atoms with E-state index in [1.165, 1.54) is 7.11 Å². The van der Waals surface area contributed by atoms with Crippen molar-refractivity contribution in [3.05, 3.63) is 0 Å². The lowest BCUT2D eigenvalue weighted by atomic mass is 10.4. The first-order chi connectivity index (χ1) is 6.99. The van der Waals surface area contributed by atoms with Crippen molar-refractivity contribution in [1.29, 1.82) is 0 Å². The van der Waals surface area contributed by atoms with Crippen LogP contribution < -0.4 is 5.73 Å². The van der Waals surface area contributed by atoms with Gasteiger partial charge < -0.3 is 10.5 Å². The molecule has 4 nitrogen and oxygen atoms in total. The van der Waals surface area contributed by atoms with E-state index in [-0.39, 0.29) is 13.2 Å². The van der Waals surface area contributed by atoms with E-state index in [1.54, 1.807) is 4.90 Å². The molecule has 0 aromatic rings. The summed E-state index contributed by atoms with van der Waals surface area (Å²) in [5, 5.41) is 0. The van der Waals surface area contributed by atoms with Crippen LogP contribution in [0.1, 0.15) is 0 Å². The van der Waals surface area contributed by atoms with Crippen LogP contribution >= 0.6 is 0 Å². The number of nitrogens with two attached hydrogens (primary N) is 1. The van der Waals surface area contributed by atoms with Crippen LogP contribution in [0.2, 0.25) is 0 Å². The molecule has 92 valence electrons. The summed E-state index contributed by atoms with van der Waals surface area (Å²) in [7, 11) is 1.53. The van der Waals surface area contributed by atoms with Crippen molar-refractivity contribution in [3.8, 4) is 0 Å². The van der Waals surface area contributed by atoms with Crippen LogP contribution in [0.25, 0.3) is 0 Å². The van der Waals surface area contributed by atoms with Crippen molar-refractivity contribution in [1.82, 2.24) is 4.90 Å². The van der Waals surface area contributed by atoms with Gasteiger partial charge in [-0.3, -0.25) is 9.64 Å². The average molecular weight is 230 g/mol. The molecule has 0 radical (unpaired) electrons. The molecule has 0 saturated carbocycles. The van der Waals surface area contributed by atoms with Gasteiger partial charge in [0.2, 0.25) is 0 Å². The normalized spacial score (nSPS) is 12.4. The predicted molar refractivity (Wildman–Crippen MR) is 49.4 cm³/mol. The minimum absolute atomic E-state index is 0.195. The summed E-state index contributed by atoms with van der Waals surface area (Å²) in [5.41, 5.74) is 5.31. The lowest BCUT2D eigenvalue weighted by Crippen LogP contribution is -2.36. The Kier molecular flexibility index (Phi) is 7.67. The van der Waals surface area contributed by atoms with Crippen LogP contribution in [-0.4, -0.2) is 57.8 Å². The molecule has 0 rings (SSSR count). The Bertz CT molecular complexity index is 155. The third kappa shape index (κ3) is 9.92. The Balaban J connectivity index is 3.65. The van der Waals surface area contributed by atoms with Crippen molar-refractivity contribution in [2.24, 2.45) is 5.73 Å². The van der Waals surface area contributed by atoms with Gasteiger partial charge in [0.15, 0.2) is 0 Å². The van der Waals surface area contributed by atoms with Crippen LogP contribution in [0.4, 0.5) is 13.2 Å². The maximum Gasteiger partial charge on any atom is 0.522 e. The molecule has 0 spiro atoms. The van der Waals surface area contributed by atoms with Crippen LogP contribution in [0.3, 0.4) is 0 Å². The molecule has 0 aliphatic carbocycles. The van der Waals surface area contributed by atoms with E-state index in [4.69, 9.17) is 10.5 Å². The summed E-state index contributed by atoms with van der Waals surface area (Å²) in [4.78, 5) is 1.76. The van der Waals surface area contributed by atoms with E-state index in [9.17, 15) is 13.2 Å². The van der Waals surface area contributed by atoms with E-state index >= 15 is 0 Å². The highest BCUT2D eigenvalue weighted by Crippen LogP contribution is 2.15. The zero-order chi connectivity index (χ0) is 11.7. The summed E-state index contributed by atoms with van der Waals surface area (Å²) in [6, 6.07) is 0. The molecule has 0 bridgehead atoms. The Morgan fingerprint density at radius 1 is 1.13 bits per heavy atom. The quantitative estimate of drug-likeness (QED) is 0.657. The van der Waals surface area contributed by atoms with Gasteiger partial charge in [0.1, 0.15) is 0 Å². The van der Waals surface area contributed by atoms with Crippen molar-refractivity contribution in [3.63, 3.8) is 0 Å². The van der Waals surface area contributed by atoms with Crippen molar-refractivity contribution < 1.29 is 22.6 Å². The molecule has 0 aromatic carbocycles. The average Bonchev–Trinajstić information content (AvgIpc) is 2.12. The van der Waals surface area contributed by atoms with Gasteiger partial charge in [-0.2, -0.15) is 0 Å². The molecule has 0 heterocycles. The smallest absolute Gasteiger partial charge is 0.383 e. The number of ether oxygens (including phenoxy) is 2. The molecule has 0 saturated heterocycles. The number of alkyl halides is 3. The monoisotopic (exact) mass is 230 g/mol. The first-order valence-corrected chi connectivity index (χ1v) is 4.61. The topological polar surface area (TPSA) is 47.7 Å². The lowest BCUT2D eigenvalue weighted by Gasteiger charge is -2.21. The fourth-order valence-corrected chi connectivity index (χ4v) is 1.03. The maximum absolute atomic E-state index is 11.7. The molecule has 2 N–H and O–H groups in total. The van der Waals surface area contributed by atoms with Crippen molar-refractivity contribution in [2.75, 3.05) is 46.5 Å². The van der Waals surface area contributed by atoms with Crippen LogP contribution in [0.5, 0.6) is 0 Å². The summed E-state index contributed by atoms with van der Waals surface area (Å²) >= 11 is 0. The third-order valence-electron chi connectivity index (χ3n) is 1.73. The van der Waals surface area contributed by atoms with Gasteiger partial charge in [-0.1, -0.05) is 0 Å². The van der Waals surface area contributed by atoms with Gasteiger partial charge in [0.25, 0.3) is 0 Å². The van der Waals surface area contributed by atoms with Crippen LogP contribution in [-0.2, 0) is 9.47 Å². The van der Waals surface area contributed by atoms with Crippen molar-refractivity contribution in [2.45, 2.75) is 6.36 Å². The van der Waals surface area contributed by atoms with Crippen molar-refractivity contribution >= 4 is 0 Å². The van der Waals surface area contributed by atoms with Crippen LogP contribution in [0, 0.1) is 0 Å². The summed E-state index contributed by atoms with van der Waals surface area (Å²) < 4.78 is 43.4. The fraction of sp³-hybridized carbons (Fsp3) is 1.00. The molecular formula is C8H17F3N2O2. The number of hydrogen-bond acceptors (Lipinski definition) is 4. The standard InChI is InChI=1S/C8H17F3N2O2/c1-14-6-4-13(3-2-12)5-7-15-8(9,10)11/h2-7,12H2,1H3. The number of halogens is 3. The molecule has 7 heteroatoms. The van der Waals surface area contributed by atoms with E-state index in [0.717, 1.165) is 0 Å². The first-order valence-electron chi connectivity index (χ1n) is 4.61. The third-order valence-corrected chi connectivity index (χ3v) is 1.73.